The van der Waals surface area contributed by atoms with Crippen LogP contribution in [0.3, 0.4) is 0 Å². The van der Waals surface area contributed by atoms with E-state index in [1.165, 1.54) is 0 Å². The summed E-state index contributed by atoms with van der Waals surface area (Å²) in [6.45, 7) is 0. The van der Waals surface area contributed by atoms with Crippen molar-refractivity contribution >= 4 is 0 Å². The van der Waals surface area contributed by atoms with Crippen molar-refractivity contribution in [3.05, 3.63) is 36.5 Å². The van der Waals surface area contributed by atoms with Gasteiger partial charge in [-0.1, -0.05) is 35.5 Å². The molecule has 0 atom stereocenters. The number of nitrogens with zero attached hydrogens (tertiary/aromatic N) is 1. The summed E-state index contributed by atoms with van der Waals surface area (Å²) in [6.07, 6.45) is 1.83. The second kappa shape index (κ2) is 2.54. The fourth-order valence-electron chi connectivity index (χ4n) is 0.982. The van der Waals surface area contributed by atoms with Crippen LogP contribution in [0.5, 0.6) is 0 Å². The van der Waals surface area contributed by atoms with Gasteiger partial charge in [0, 0.05) is 10.7 Å². The van der Waals surface area contributed by atoms with Crippen molar-refractivity contribution in [3.8, 4) is 11.3 Å². The molecule has 0 aliphatic heterocycles. The Balaban J connectivity index is 2.46. The van der Waals surface area contributed by atoms with Crippen LogP contribution in [0.4, 0.5) is 0 Å². The molecule has 2 rings (SSSR count). The van der Waals surface area contributed by atoms with E-state index in [9.17, 15) is 0 Å². The van der Waals surface area contributed by atoms with Crippen LogP contribution < -0.4 is 5.10 Å². The maximum Gasteiger partial charge on any atom is 0.248 e. The van der Waals surface area contributed by atoms with Gasteiger partial charge in [0.2, 0.25) is 5.69 Å². The molecule has 0 bridgehead atoms. The van der Waals surface area contributed by atoms with Gasteiger partial charge in [0.1, 0.15) is 0 Å². The third-order valence-corrected chi connectivity index (χ3v) is 1.52. The standard InChI is InChI=1S/C8H7N3/c1-2-4-7(5-3-1)8-6-9-11-10-8/h1-6H,(H,9,10,11)/p+1. The average Bonchev–Trinajstić information content (AvgIpc) is 2.58. The minimum atomic E-state index is 0.936. The number of nitrogens with one attached hydrogen (secondary N) is 2. The molecule has 1 heterocycles. The first-order valence-corrected chi connectivity index (χ1v) is 3.44. The van der Waals surface area contributed by atoms with Gasteiger partial charge in [-0.15, -0.1) is 0 Å². The van der Waals surface area contributed by atoms with E-state index in [1.54, 1.807) is 0 Å². The summed E-state index contributed by atoms with van der Waals surface area (Å²) >= 11 is 0. The van der Waals surface area contributed by atoms with Crippen LogP contribution in [0, 0.1) is 0 Å². The molecule has 0 spiro atoms. The highest BCUT2D eigenvalue weighted by atomic mass is 15.3. The molecule has 1 aromatic heterocycles. The summed E-state index contributed by atoms with van der Waals surface area (Å²) < 4.78 is 0. The first kappa shape index (κ1) is 6.09. The lowest BCUT2D eigenvalue weighted by Gasteiger charge is -1.86. The summed E-state index contributed by atoms with van der Waals surface area (Å²) in [5.41, 5.74) is 2.05. The quantitative estimate of drug-likeness (QED) is 0.638. The number of hydrogen-bond acceptors (Lipinski definition) is 1. The van der Waals surface area contributed by atoms with Crippen molar-refractivity contribution in [2.24, 2.45) is 0 Å². The lowest BCUT2D eigenvalue weighted by molar-refractivity contribution is -0.454. The van der Waals surface area contributed by atoms with Gasteiger partial charge in [-0.05, 0) is 0 Å². The van der Waals surface area contributed by atoms with Crippen LogP contribution in [0.25, 0.3) is 11.3 Å². The largest absolute Gasteiger partial charge is 0.248 e. The van der Waals surface area contributed by atoms with Crippen LogP contribution >= 0.6 is 0 Å². The monoisotopic (exact) mass is 146 g/mol. The van der Waals surface area contributed by atoms with Crippen molar-refractivity contribution in [3.63, 3.8) is 0 Å². The van der Waals surface area contributed by atoms with Gasteiger partial charge in [-0.3, -0.25) is 0 Å². The Hall–Kier alpha value is -1.64. The Morgan fingerprint density at radius 3 is 2.64 bits per heavy atom. The maximum atomic E-state index is 4.01. The molecule has 0 unspecified atom stereocenters. The topological polar surface area (TPSA) is 42.8 Å². The number of rotatable bonds is 1. The first-order valence-electron chi connectivity index (χ1n) is 3.44. The van der Waals surface area contributed by atoms with E-state index in [4.69, 9.17) is 0 Å². The Morgan fingerprint density at radius 1 is 1.18 bits per heavy atom. The molecular weight excluding hydrogens is 138 g/mol. The van der Waals surface area contributed by atoms with Crippen LogP contribution in [0.2, 0.25) is 0 Å². The first-order chi connectivity index (χ1) is 5.47. The van der Waals surface area contributed by atoms with E-state index >= 15 is 0 Å². The van der Waals surface area contributed by atoms with Crippen molar-refractivity contribution in [1.29, 1.82) is 0 Å². The van der Waals surface area contributed by atoms with Gasteiger partial charge in [0.25, 0.3) is 0 Å². The van der Waals surface area contributed by atoms with Gasteiger partial charge in [0.05, 0.1) is 0 Å². The van der Waals surface area contributed by atoms with E-state index < -0.39 is 0 Å². The van der Waals surface area contributed by atoms with Gasteiger partial charge in [-0.25, -0.2) is 0 Å². The lowest BCUT2D eigenvalue weighted by Crippen LogP contribution is -1.97. The minimum absolute atomic E-state index is 0.936. The molecule has 0 aliphatic rings. The number of hydrogen-bond donors (Lipinski definition) is 1. The van der Waals surface area contributed by atoms with Gasteiger partial charge in [-0.2, -0.15) is 5.10 Å². The summed E-state index contributed by atoms with van der Waals surface area (Å²) in [4.78, 5) is 0. The Morgan fingerprint density at radius 2 is 2.00 bits per heavy atom. The zero-order chi connectivity index (χ0) is 7.52. The molecule has 1 aromatic carbocycles. The predicted octanol–water partition coefficient (Wildman–Crippen LogP) is 0.891. The molecule has 3 nitrogen and oxygen atoms in total. The zero-order valence-electron chi connectivity index (χ0n) is 5.91. The van der Waals surface area contributed by atoms with Crippen LogP contribution in [0.15, 0.2) is 36.5 Å². The van der Waals surface area contributed by atoms with E-state index in [2.05, 4.69) is 15.4 Å². The normalized spacial score (nSPS) is 9.82. The smallest absolute Gasteiger partial charge is 0.176 e. The third kappa shape index (κ3) is 1.12. The van der Waals surface area contributed by atoms with Crippen molar-refractivity contribution < 1.29 is 5.10 Å². The van der Waals surface area contributed by atoms with Crippen molar-refractivity contribution in [2.75, 3.05) is 0 Å². The summed E-state index contributed by atoms with van der Waals surface area (Å²) in [6, 6.07) is 10.0. The summed E-state index contributed by atoms with van der Waals surface area (Å²) in [7, 11) is 0. The molecular formula is C8H8N3+. The maximum absolute atomic E-state index is 4.01. The average molecular weight is 146 g/mol. The van der Waals surface area contributed by atoms with Crippen LogP contribution in [-0.4, -0.2) is 10.3 Å². The number of H-pyrrole nitrogens is 2. The second-order valence-corrected chi connectivity index (χ2v) is 2.26. The summed E-state index contributed by atoms with van der Waals surface area (Å²) in [5, 5.41) is 9.45. The third-order valence-electron chi connectivity index (χ3n) is 1.52. The van der Waals surface area contributed by atoms with E-state index in [-0.39, 0.29) is 0 Å². The molecule has 2 aromatic rings. The van der Waals surface area contributed by atoms with Crippen LogP contribution in [-0.2, 0) is 0 Å². The number of benzene rings is 1. The fraction of sp³-hybridized carbons (Fsp3) is 0. The van der Waals surface area contributed by atoms with Crippen molar-refractivity contribution in [1.82, 2.24) is 10.3 Å². The predicted molar refractivity (Wildman–Crippen MR) is 40.6 cm³/mol. The Bertz CT molecular complexity index is 312. The number of aromatic amines is 2. The van der Waals surface area contributed by atoms with E-state index in [1.807, 2.05) is 36.5 Å². The Labute approximate surface area is 64.1 Å². The van der Waals surface area contributed by atoms with Crippen LogP contribution in [0.1, 0.15) is 0 Å². The molecule has 0 amide bonds. The second-order valence-electron chi connectivity index (χ2n) is 2.26. The molecule has 0 aliphatic carbocycles. The Kier molecular flexibility index (Phi) is 1.41. The van der Waals surface area contributed by atoms with E-state index in [0.29, 0.717) is 0 Å². The molecule has 0 radical (unpaired) electrons. The van der Waals surface area contributed by atoms with Crippen molar-refractivity contribution in [2.45, 2.75) is 0 Å². The van der Waals surface area contributed by atoms with Gasteiger partial charge < -0.3 is 0 Å². The minimum Gasteiger partial charge on any atom is -0.176 e. The zero-order valence-corrected chi connectivity index (χ0v) is 5.91. The molecule has 0 fully saturated rings. The summed E-state index contributed by atoms with van der Waals surface area (Å²) in [5.74, 6) is 0. The molecule has 54 valence electrons. The highest BCUT2D eigenvalue weighted by Crippen LogP contribution is 2.11. The molecule has 11 heavy (non-hydrogen) atoms. The molecule has 3 heteroatoms. The highest BCUT2D eigenvalue weighted by Gasteiger charge is 2.04. The van der Waals surface area contributed by atoms with Gasteiger partial charge >= 0.3 is 0 Å². The SMILES string of the molecule is c1ccc(-c2c[nH+][nH]n2)cc1. The highest BCUT2D eigenvalue weighted by molar-refractivity contribution is 5.56. The number of aromatic nitrogens is 3. The molecule has 2 N–H and O–H groups in total. The molecule has 0 saturated heterocycles. The lowest BCUT2D eigenvalue weighted by atomic mass is 10.2. The fourth-order valence-corrected chi connectivity index (χ4v) is 0.982. The molecule has 0 saturated carbocycles. The van der Waals surface area contributed by atoms with Gasteiger partial charge in [0.15, 0.2) is 6.20 Å². The van der Waals surface area contributed by atoms with E-state index in [0.717, 1.165) is 11.3 Å².